The third-order valence-corrected chi connectivity index (χ3v) is 1.84. The predicted octanol–water partition coefficient (Wildman–Crippen LogP) is -3.26. The van der Waals surface area contributed by atoms with E-state index in [9.17, 15) is 13.6 Å². The molecule has 0 N–H and O–H groups in total. The van der Waals surface area contributed by atoms with Crippen molar-refractivity contribution < 1.29 is 43.1 Å². The Labute approximate surface area is 97.3 Å². The fraction of sp³-hybridized carbons (Fsp3) is 0.833. The van der Waals surface area contributed by atoms with E-state index < -0.39 is 16.8 Å². The molecule has 0 heterocycles. The van der Waals surface area contributed by atoms with Crippen molar-refractivity contribution in [2.24, 2.45) is 0 Å². The van der Waals surface area contributed by atoms with Gasteiger partial charge < -0.3 is 9.45 Å². The van der Waals surface area contributed by atoms with Crippen LogP contribution in [0.2, 0.25) is 0 Å². The summed E-state index contributed by atoms with van der Waals surface area (Å²) in [5, 5.41) is 0. The Bertz CT molecular complexity index is 161. The summed E-state index contributed by atoms with van der Waals surface area (Å²) in [5.41, 5.74) is 0. The molecule has 6 heteroatoms. The van der Waals surface area contributed by atoms with Gasteiger partial charge in [0.15, 0.2) is 0 Å². The Hall–Kier alpha value is 0.580. The summed E-state index contributed by atoms with van der Waals surface area (Å²) in [4.78, 5) is 12.4. The van der Waals surface area contributed by atoms with Crippen LogP contribution in [0, 0.1) is 0 Å². The number of amides is 1. The van der Waals surface area contributed by atoms with Crippen molar-refractivity contribution in [3.8, 4) is 0 Å². The van der Waals surface area contributed by atoms with Crippen molar-refractivity contribution in [3.63, 3.8) is 0 Å². The second kappa shape index (κ2) is 8.19. The predicted molar refractivity (Wildman–Crippen MR) is 41.7 cm³/mol. The minimum atomic E-state index is -2.26. The van der Waals surface area contributed by atoms with Crippen molar-refractivity contribution in [3.05, 3.63) is 0 Å². The van der Waals surface area contributed by atoms with Gasteiger partial charge in [-0.2, -0.15) is 0 Å². The standard InChI is InChI=1S/C6H13NO3S.Na/c1-3-7(4-2)6(8)5-11(9)10;/h3-5H2,1-2H3,(H,9,10);/q;+1/p-1. The number of nitrogens with zero attached hydrogens (tertiary/aromatic N) is 1. The van der Waals surface area contributed by atoms with Gasteiger partial charge in [-0.25, -0.2) is 0 Å². The van der Waals surface area contributed by atoms with Gasteiger partial charge in [-0.3, -0.25) is 9.00 Å². The molecule has 0 spiro atoms. The molecule has 0 rings (SSSR count). The van der Waals surface area contributed by atoms with Crippen molar-refractivity contribution in [1.29, 1.82) is 0 Å². The normalized spacial score (nSPS) is 11.6. The molecule has 12 heavy (non-hydrogen) atoms. The van der Waals surface area contributed by atoms with Gasteiger partial charge in [0.05, 0.1) is 5.75 Å². The van der Waals surface area contributed by atoms with Gasteiger partial charge in [0, 0.05) is 13.1 Å². The van der Waals surface area contributed by atoms with Crippen molar-refractivity contribution in [2.45, 2.75) is 13.8 Å². The monoisotopic (exact) mass is 201 g/mol. The van der Waals surface area contributed by atoms with Crippen LogP contribution in [0.4, 0.5) is 0 Å². The van der Waals surface area contributed by atoms with Crippen LogP contribution in [-0.2, 0) is 15.9 Å². The molecule has 0 aromatic heterocycles. The quantitative estimate of drug-likeness (QED) is 0.354. The molecule has 66 valence electrons. The molecule has 1 atom stereocenters. The Morgan fingerprint density at radius 2 is 1.83 bits per heavy atom. The molecule has 0 aliphatic heterocycles. The average Bonchev–Trinajstić information content (AvgIpc) is 1.88. The van der Waals surface area contributed by atoms with Gasteiger partial charge in [-0.1, -0.05) is 0 Å². The molecule has 0 aliphatic carbocycles. The fourth-order valence-electron chi connectivity index (χ4n) is 0.768. The molecule has 0 aromatic rings. The molecule has 0 saturated heterocycles. The van der Waals surface area contributed by atoms with Crippen LogP contribution in [0.15, 0.2) is 0 Å². The maximum Gasteiger partial charge on any atom is 1.00 e. The maximum absolute atomic E-state index is 10.9. The van der Waals surface area contributed by atoms with Crippen LogP contribution in [0.25, 0.3) is 0 Å². The van der Waals surface area contributed by atoms with E-state index in [-0.39, 0.29) is 35.5 Å². The van der Waals surface area contributed by atoms with Crippen LogP contribution >= 0.6 is 0 Å². The van der Waals surface area contributed by atoms with Gasteiger partial charge >= 0.3 is 29.6 Å². The molecular formula is C6H12NNaO3S. The van der Waals surface area contributed by atoms with E-state index in [0.717, 1.165) is 0 Å². The number of hydrogen-bond acceptors (Lipinski definition) is 3. The first kappa shape index (κ1) is 15.1. The zero-order valence-electron chi connectivity index (χ0n) is 7.70. The first-order valence-electron chi connectivity index (χ1n) is 3.45. The number of carbonyl (C=O) groups excluding carboxylic acids is 1. The van der Waals surface area contributed by atoms with E-state index in [4.69, 9.17) is 0 Å². The van der Waals surface area contributed by atoms with Crippen LogP contribution in [0.5, 0.6) is 0 Å². The fourth-order valence-corrected chi connectivity index (χ4v) is 1.15. The van der Waals surface area contributed by atoms with Gasteiger partial charge in [-0.05, 0) is 24.9 Å². The number of carbonyl (C=O) groups is 1. The van der Waals surface area contributed by atoms with Crippen LogP contribution in [0.3, 0.4) is 0 Å². The van der Waals surface area contributed by atoms with E-state index in [1.54, 1.807) is 0 Å². The summed E-state index contributed by atoms with van der Waals surface area (Å²) < 4.78 is 20.2. The Balaban J connectivity index is 0. The van der Waals surface area contributed by atoms with Crippen LogP contribution < -0.4 is 29.6 Å². The van der Waals surface area contributed by atoms with E-state index in [0.29, 0.717) is 13.1 Å². The minimum Gasteiger partial charge on any atom is -0.772 e. The number of rotatable bonds is 4. The second-order valence-electron chi connectivity index (χ2n) is 2.01. The molecule has 0 bridgehead atoms. The number of hydrogen-bond donors (Lipinski definition) is 0. The zero-order valence-corrected chi connectivity index (χ0v) is 10.5. The maximum atomic E-state index is 10.9. The van der Waals surface area contributed by atoms with E-state index in [2.05, 4.69) is 0 Å². The third-order valence-electron chi connectivity index (χ3n) is 1.36. The summed E-state index contributed by atoms with van der Waals surface area (Å²) in [7, 11) is 0. The summed E-state index contributed by atoms with van der Waals surface area (Å²) >= 11 is -2.26. The molecule has 0 aliphatic rings. The SMILES string of the molecule is CCN(CC)C(=O)CS(=O)[O-].[Na+]. The molecule has 0 fully saturated rings. The average molecular weight is 201 g/mol. The van der Waals surface area contributed by atoms with Gasteiger partial charge in [0.25, 0.3) is 0 Å². The first-order chi connectivity index (χ1) is 5.11. The summed E-state index contributed by atoms with van der Waals surface area (Å²) in [6.07, 6.45) is 0. The third kappa shape index (κ3) is 6.14. The van der Waals surface area contributed by atoms with Crippen LogP contribution in [-0.4, -0.2) is 38.4 Å². The summed E-state index contributed by atoms with van der Waals surface area (Å²) in [6, 6.07) is 0. The van der Waals surface area contributed by atoms with Crippen molar-refractivity contribution in [2.75, 3.05) is 18.8 Å². The molecule has 1 unspecified atom stereocenters. The van der Waals surface area contributed by atoms with Gasteiger partial charge in [0.2, 0.25) is 5.91 Å². The zero-order chi connectivity index (χ0) is 8.85. The first-order valence-corrected chi connectivity index (χ1v) is 4.69. The van der Waals surface area contributed by atoms with Gasteiger partial charge in [0.1, 0.15) is 0 Å². The molecule has 0 aromatic carbocycles. The van der Waals surface area contributed by atoms with E-state index in [1.165, 1.54) is 4.90 Å². The second-order valence-corrected chi connectivity index (χ2v) is 2.91. The Kier molecular flexibility index (Phi) is 10.3. The Morgan fingerprint density at radius 1 is 1.42 bits per heavy atom. The van der Waals surface area contributed by atoms with E-state index >= 15 is 0 Å². The smallest absolute Gasteiger partial charge is 0.772 e. The molecule has 0 radical (unpaired) electrons. The minimum absolute atomic E-state index is 0. The molecular weight excluding hydrogens is 189 g/mol. The van der Waals surface area contributed by atoms with Crippen molar-refractivity contribution >= 4 is 17.0 Å². The van der Waals surface area contributed by atoms with Crippen molar-refractivity contribution in [1.82, 2.24) is 4.90 Å². The van der Waals surface area contributed by atoms with Crippen LogP contribution in [0.1, 0.15) is 13.8 Å². The topological polar surface area (TPSA) is 60.4 Å². The largest absolute Gasteiger partial charge is 1.00 e. The molecule has 1 amide bonds. The van der Waals surface area contributed by atoms with Gasteiger partial charge in [-0.15, -0.1) is 0 Å². The summed E-state index contributed by atoms with van der Waals surface area (Å²) in [5.74, 6) is -0.731. The van der Waals surface area contributed by atoms with E-state index in [1.807, 2.05) is 13.8 Å². The summed E-state index contributed by atoms with van der Waals surface area (Å²) in [6.45, 7) is 4.75. The molecule has 0 saturated carbocycles. The molecule has 4 nitrogen and oxygen atoms in total. The Morgan fingerprint density at radius 3 is 2.08 bits per heavy atom.